The summed E-state index contributed by atoms with van der Waals surface area (Å²) in [6.07, 6.45) is 3.16. The van der Waals surface area contributed by atoms with Gasteiger partial charge in [0, 0.05) is 7.05 Å². The summed E-state index contributed by atoms with van der Waals surface area (Å²) in [4.78, 5) is 8.31. The van der Waals surface area contributed by atoms with Crippen molar-refractivity contribution in [3.8, 4) is 0 Å². The van der Waals surface area contributed by atoms with Crippen LogP contribution in [-0.2, 0) is 20.2 Å². The van der Waals surface area contributed by atoms with Gasteiger partial charge in [-0.2, -0.15) is 0 Å². The molecule has 27 heavy (non-hydrogen) atoms. The molecule has 0 fully saturated rings. The molecule has 0 aliphatic carbocycles. The standard InChI is InChI=1S/C19H15F2N3.2ClH.Fe/c1-24-14(12-22-18-8-4-2-6-16(18)20)10-11-15(24)13-23-19-9-5-3-7-17(19)21;;;/h2-13H,1H3;2*1H;/q;;;+2/p-2. The Labute approximate surface area is 171 Å². The van der Waals surface area contributed by atoms with Gasteiger partial charge in [0.05, 0.1) is 35.2 Å². The van der Waals surface area contributed by atoms with Crippen LogP contribution < -0.4 is 0 Å². The molecule has 0 atom stereocenters. The predicted molar refractivity (Wildman–Crippen MR) is 104 cm³/mol. The van der Waals surface area contributed by atoms with Gasteiger partial charge < -0.3 is 4.57 Å². The molecule has 1 aromatic heterocycles. The van der Waals surface area contributed by atoms with Gasteiger partial charge in [0.25, 0.3) is 0 Å². The van der Waals surface area contributed by atoms with E-state index in [0.717, 1.165) is 11.4 Å². The zero-order valence-corrected chi connectivity index (χ0v) is 16.8. The number of hydrogen-bond acceptors (Lipinski definition) is 2. The minimum atomic E-state index is -0.371. The molecule has 3 aromatic rings. The summed E-state index contributed by atoms with van der Waals surface area (Å²) >= 11 is 0.194. The van der Waals surface area contributed by atoms with Gasteiger partial charge in [-0.15, -0.1) is 0 Å². The van der Waals surface area contributed by atoms with Crippen molar-refractivity contribution in [2.24, 2.45) is 17.0 Å². The van der Waals surface area contributed by atoms with Crippen molar-refractivity contribution in [3.63, 3.8) is 0 Å². The summed E-state index contributed by atoms with van der Waals surface area (Å²) in [6, 6.07) is 16.3. The molecule has 1 heterocycles. The number of nitrogens with zero attached hydrogens (tertiary/aromatic N) is 3. The molecule has 0 radical (unpaired) electrons. The van der Waals surface area contributed by atoms with Crippen LogP contribution in [0.25, 0.3) is 0 Å². The fourth-order valence-corrected chi connectivity index (χ4v) is 2.19. The molecular formula is C19H15Cl2F2FeN3. The predicted octanol–water partition coefficient (Wildman–Crippen LogP) is 6.18. The molecule has 0 bridgehead atoms. The summed E-state index contributed by atoms with van der Waals surface area (Å²) in [5, 5.41) is 0. The quantitative estimate of drug-likeness (QED) is 0.336. The molecule has 0 aliphatic rings. The maximum atomic E-state index is 13.6. The van der Waals surface area contributed by atoms with Crippen molar-refractivity contribution in [2.75, 3.05) is 0 Å². The van der Waals surface area contributed by atoms with Crippen LogP contribution >= 0.6 is 20.2 Å². The Balaban J connectivity index is 0.000000817. The Morgan fingerprint density at radius 1 is 0.778 bits per heavy atom. The first-order valence-electron chi connectivity index (χ1n) is 7.65. The van der Waals surface area contributed by atoms with Crippen molar-refractivity contribution in [2.45, 2.75) is 0 Å². The normalized spacial score (nSPS) is 11.1. The van der Waals surface area contributed by atoms with Crippen LogP contribution in [0.3, 0.4) is 0 Å². The van der Waals surface area contributed by atoms with Crippen LogP contribution in [0.4, 0.5) is 20.2 Å². The Hall–Kier alpha value is -1.98. The number of hydrogen-bond donors (Lipinski definition) is 0. The van der Waals surface area contributed by atoms with Crippen molar-refractivity contribution in [1.82, 2.24) is 4.57 Å². The molecular weight excluding hydrogens is 435 g/mol. The fraction of sp³-hybridized carbons (Fsp3) is 0.0526. The Morgan fingerprint density at radius 3 is 1.52 bits per heavy atom. The minimum absolute atomic E-state index is 0.194. The van der Waals surface area contributed by atoms with Crippen LogP contribution in [0.1, 0.15) is 11.4 Å². The first kappa shape index (κ1) is 21.3. The van der Waals surface area contributed by atoms with Gasteiger partial charge in [0.1, 0.15) is 11.6 Å². The Morgan fingerprint density at radius 2 is 1.15 bits per heavy atom. The molecule has 3 nitrogen and oxygen atoms in total. The molecule has 0 amide bonds. The maximum absolute atomic E-state index is 13.6. The number of halogens is 4. The van der Waals surface area contributed by atoms with Crippen LogP contribution in [0.5, 0.6) is 0 Å². The van der Waals surface area contributed by atoms with E-state index in [1.807, 2.05) is 23.7 Å². The zero-order chi connectivity index (χ0) is 19.6. The van der Waals surface area contributed by atoms with E-state index in [1.54, 1.807) is 48.8 Å². The summed E-state index contributed by atoms with van der Waals surface area (Å²) in [5.41, 5.74) is 2.13. The van der Waals surface area contributed by atoms with Gasteiger partial charge in [0.15, 0.2) is 0 Å². The number of para-hydroxylation sites is 2. The second-order valence-electron chi connectivity index (χ2n) is 5.21. The van der Waals surface area contributed by atoms with Crippen molar-refractivity contribution >= 4 is 44.0 Å². The van der Waals surface area contributed by atoms with E-state index in [4.69, 9.17) is 20.2 Å². The molecule has 0 N–H and O–H groups in total. The average molecular weight is 450 g/mol. The second kappa shape index (κ2) is 11.0. The zero-order valence-electron chi connectivity index (χ0n) is 14.1. The summed E-state index contributed by atoms with van der Waals surface area (Å²) < 4.78 is 29.0. The van der Waals surface area contributed by atoms with Crippen molar-refractivity contribution < 1.29 is 21.9 Å². The monoisotopic (exact) mass is 449 g/mol. The average Bonchev–Trinajstić information content (AvgIpc) is 3.01. The van der Waals surface area contributed by atoms with E-state index in [0.29, 0.717) is 0 Å². The van der Waals surface area contributed by atoms with Gasteiger partial charge in [-0.3, -0.25) is 9.98 Å². The van der Waals surface area contributed by atoms with E-state index in [-0.39, 0.29) is 36.1 Å². The van der Waals surface area contributed by atoms with E-state index >= 15 is 0 Å². The molecule has 2 aromatic carbocycles. The van der Waals surface area contributed by atoms with Crippen LogP contribution in [0, 0.1) is 11.6 Å². The third kappa shape index (κ3) is 6.29. The number of benzene rings is 2. The van der Waals surface area contributed by atoms with Crippen LogP contribution in [-0.4, -0.2) is 17.0 Å². The van der Waals surface area contributed by atoms with E-state index in [2.05, 4.69) is 9.98 Å². The van der Waals surface area contributed by atoms with Crippen molar-refractivity contribution in [1.29, 1.82) is 0 Å². The van der Waals surface area contributed by atoms with E-state index in [1.165, 1.54) is 12.1 Å². The third-order valence-electron chi connectivity index (χ3n) is 3.58. The summed E-state index contributed by atoms with van der Waals surface area (Å²) in [6.45, 7) is 0. The first-order chi connectivity index (χ1) is 13.1. The van der Waals surface area contributed by atoms with Crippen LogP contribution in [0.2, 0.25) is 0 Å². The molecule has 0 spiro atoms. The third-order valence-corrected chi connectivity index (χ3v) is 3.58. The van der Waals surface area contributed by atoms with Gasteiger partial charge in [-0.25, -0.2) is 8.78 Å². The van der Waals surface area contributed by atoms with Gasteiger partial charge in [0.2, 0.25) is 0 Å². The number of rotatable bonds is 4. The summed E-state index contributed by atoms with van der Waals surface area (Å²) in [7, 11) is 11.4. The molecule has 3 rings (SSSR count). The molecule has 142 valence electrons. The van der Waals surface area contributed by atoms with Crippen molar-refractivity contribution in [3.05, 3.63) is 83.7 Å². The fourth-order valence-electron chi connectivity index (χ4n) is 2.19. The molecule has 0 saturated heterocycles. The molecule has 0 unspecified atom stereocenters. The van der Waals surface area contributed by atoms with Gasteiger partial charge in [-0.05, 0) is 36.4 Å². The van der Waals surface area contributed by atoms with Gasteiger partial charge >= 0.3 is 33.3 Å². The van der Waals surface area contributed by atoms with E-state index in [9.17, 15) is 8.78 Å². The topological polar surface area (TPSA) is 29.6 Å². The summed E-state index contributed by atoms with van der Waals surface area (Å²) in [5.74, 6) is -0.742. The Kier molecular flexibility index (Phi) is 8.68. The van der Waals surface area contributed by atoms with Crippen LogP contribution in [0.15, 0.2) is 70.6 Å². The number of aromatic nitrogens is 1. The Bertz CT molecular complexity index is 869. The molecule has 0 aliphatic heterocycles. The molecule has 0 saturated carbocycles. The van der Waals surface area contributed by atoms with Gasteiger partial charge in [-0.1, -0.05) is 24.3 Å². The second-order valence-corrected chi connectivity index (χ2v) is 7.04. The first-order valence-corrected chi connectivity index (χ1v) is 10.7. The van der Waals surface area contributed by atoms with E-state index < -0.39 is 0 Å². The SMILES string of the molecule is Cn1c(C=Nc2ccccc2F)ccc1C=Nc1ccccc1F.[Cl][Fe][Cl]. The number of aliphatic imine (C=N–C) groups is 2. The molecule has 8 heteroatoms.